The van der Waals surface area contributed by atoms with Crippen LogP contribution in [-0.2, 0) is 0 Å². The summed E-state index contributed by atoms with van der Waals surface area (Å²) in [5.74, 6) is -0.229. The van der Waals surface area contributed by atoms with Crippen LogP contribution in [0.1, 0.15) is 22.8 Å². The summed E-state index contributed by atoms with van der Waals surface area (Å²) in [5.41, 5.74) is 2.02. The van der Waals surface area contributed by atoms with Gasteiger partial charge in [-0.25, -0.2) is 4.79 Å². The van der Waals surface area contributed by atoms with E-state index in [0.717, 1.165) is 11.1 Å². The molecule has 0 saturated heterocycles. The molecule has 1 aromatic carbocycles. The molecule has 1 rings (SSSR count). The average Bonchev–Trinajstić information content (AvgIpc) is 2.15. The van der Waals surface area contributed by atoms with E-state index in [1.165, 1.54) is 6.07 Å². The standard InChI is InChI=1S/C12H14O3/c1-8(2)7-15-11-5-4-10(12(13)14)6-9(11)3/h4-6H,1,7H2,2-3H3,(H,13,14). The lowest BCUT2D eigenvalue weighted by molar-refractivity contribution is 0.0696. The molecule has 3 heteroatoms. The molecular formula is C12H14O3. The number of ether oxygens (including phenoxy) is 1. The summed E-state index contributed by atoms with van der Waals surface area (Å²) in [7, 11) is 0. The van der Waals surface area contributed by atoms with Crippen LogP contribution in [0.3, 0.4) is 0 Å². The molecule has 0 unspecified atom stereocenters. The minimum absolute atomic E-state index is 0.273. The van der Waals surface area contributed by atoms with Crippen molar-refractivity contribution < 1.29 is 14.6 Å². The molecule has 1 N–H and O–H groups in total. The van der Waals surface area contributed by atoms with Crippen molar-refractivity contribution in [2.75, 3.05) is 6.61 Å². The van der Waals surface area contributed by atoms with Crippen LogP contribution in [0.5, 0.6) is 5.75 Å². The van der Waals surface area contributed by atoms with Crippen LogP contribution in [0.2, 0.25) is 0 Å². The third-order valence-corrected chi connectivity index (χ3v) is 1.90. The molecule has 0 spiro atoms. The van der Waals surface area contributed by atoms with Gasteiger partial charge in [0.2, 0.25) is 0 Å². The van der Waals surface area contributed by atoms with Gasteiger partial charge in [0, 0.05) is 0 Å². The van der Waals surface area contributed by atoms with Crippen molar-refractivity contribution in [3.63, 3.8) is 0 Å². The summed E-state index contributed by atoms with van der Waals surface area (Å²) in [4.78, 5) is 10.7. The number of hydrogen-bond acceptors (Lipinski definition) is 2. The zero-order valence-corrected chi connectivity index (χ0v) is 8.91. The monoisotopic (exact) mass is 206 g/mol. The molecule has 0 fully saturated rings. The fraction of sp³-hybridized carbons (Fsp3) is 0.250. The van der Waals surface area contributed by atoms with Crippen LogP contribution in [0.4, 0.5) is 0 Å². The van der Waals surface area contributed by atoms with E-state index in [1.54, 1.807) is 12.1 Å². The first-order chi connectivity index (χ1) is 7.00. The largest absolute Gasteiger partial charge is 0.489 e. The summed E-state index contributed by atoms with van der Waals surface area (Å²) in [6, 6.07) is 4.79. The Morgan fingerprint density at radius 2 is 2.20 bits per heavy atom. The van der Waals surface area contributed by atoms with E-state index in [4.69, 9.17) is 9.84 Å². The summed E-state index contributed by atoms with van der Waals surface area (Å²) >= 11 is 0. The van der Waals surface area contributed by atoms with E-state index in [0.29, 0.717) is 12.4 Å². The van der Waals surface area contributed by atoms with Gasteiger partial charge in [0.1, 0.15) is 12.4 Å². The van der Waals surface area contributed by atoms with Crippen LogP contribution in [0.25, 0.3) is 0 Å². The third-order valence-electron chi connectivity index (χ3n) is 1.90. The SMILES string of the molecule is C=C(C)COc1ccc(C(=O)O)cc1C. The average molecular weight is 206 g/mol. The first kappa shape index (κ1) is 11.3. The van der Waals surface area contributed by atoms with E-state index >= 15 is 0 Å². The number of carboxylic acids is 1. The Bertz CT molecular complexity index is 394. The molecule has 0 aromatic heterocycles. The third kappa shape index (κ3) is 3.13. The Hall–Kier alpha value is -1.77. The molecule has 3 nitrogen and oxygen atoms in total. The van der Waals surface area contributed by atoms with Crippen LogP contribution in [0.15, 0.2) is 30.4 Å². The van der Waals surface area contributed by atoms with Gasteiger partial charge in [0.05, 0.1) is 5.56 Å². The molecule has 0 bridgehead atoms. The van der Waals surface area contributed by atoms with Gasteiger partial charge in [-0.2, -0.15) is 0 Å². The van der Waals surface area contributed by atoms with Crippen LogP contribution >= 0.6 is 0 Å². The summed E-state index contributed by atoms with van der Waals surface area (Å²) < 4.78 is 5.44. The minimum Gasteiger partial charge on any atom is -0.489 e. The number of hydrogen-bond donors (Lipinski definition) is 1. The van der Waals surface area contributed by atoms with Crippen molar-refractivity contribution in [1.82, 2.24) is 0 Å². The normalized spacial score (nSPS) is 9.73. The molecule has 0 aliphatic heterocycles. The predicted molar refractivity (Wildman–Crippen MR) is 58.4 cm³/mol. The van der Waals surface area contributed by atoms with E-state index in [1.807, 2.05) is 13.8 Å². The van der Waals surface area contributed by atoms with Gasteiger partial charge < -0.3 is 9.84 Å². The molecule has 0 amide bonds. The first-order valence-electron chi connectivity index (χ1n) is 4.62. The summed E-state index contributed by atoms with van der Waals surface area (Å²) in [5, 5.41) is 8.76. The fourth-order valence-electron chi connectivity index (χ4n) is 1.15. The lowest BCUT2D eigenvalue weighted by Crippen LogP contribution is -2.01. The highest BCUT2D eigenvalue weighted by atomic mass is 16.5. The van der Waals surface area contributed by atoms with E-state index in [2.05, 4.69) is 6.58 Å². The van der Waals surface area contributed by atoms with Crippen molar-refractivity contribution in [3.05, 3.63) is 41.5 Å². The van der Waals surface area contributed by atoms with Gasteiger partial charge in [-0.1, -0.05) is 6.58 Å². The maximum atomic E-state index is 10.7. The summed E-state index contributed by atoms with van der Waals surface area (Å²) in [6.07, 6.45) is 0. The Morgan fingerprint density at radius 1 is 1.53 bits per heavy atom. The second-order valence-corrected chi connectivity index (χ2v) is 3.53. The molecule has 0 aliphatic carbocycles. The quantitative estimate of drug-likeness (QED) is 0.770. The lowest BCUT2D eigenvalue weighted by Gasteiger charge is -2.09. The summed E-state index contributed by atoms with van der Waals surface area (Å²) in [6.45, 7) is 7.87. The topological polar surface area (TPSA) is 46.5 Å². The highest BCUT2D eigenvalue weighted by molar-refractivity contribution is 5.88. The highest BCUT2D eigenvalue weighted by Gasteiger charge is 2.06. The molecule has 0 atom stereocenters. The number of carbonyl (C=O) groups is 1. The van der Waals surface area contributed by atoms with Gasteiger partial charge >= 0.3 is 5.97 Å². The molecule has 0 heterocycles. The molecule has 0 aliphatic rings. The van der Waals surface area contributed by atoms with Crippen molar-refractivity contribution in [2.45, 2.75) is 13.8 Å². The zero-order chi connectivity index (χ0) is 11.4. The van der Waals surface area contributed by atoms with Crippen molar-refractivity contribution in [3.8, 4) is 5.75 Å². The molecule has 80 valence electrons. The Kier molecular flexibility index (Phi) is 3.50. The smallest absolute Gasteiger partial charge is 0.335 e. The molecule has 1 aromatic rings. The van der Waals surface area contributed by atoms with Crippen molar-refractivity contribution in [1.29, 1.82) is 0 Å². The maximum absolute atomic E-state index is 10.7. The number of benzene rings is 1. The van der Waals surface area contributed by atoms with Gasteiger partial charge in [0.25, 0.3) is 0 Å². The second kappa shape index (κ2) is 4.64. The van der Waals surface area contributed by atoms with Crippen molar-refractivity contribution in [2.24, 2.45) is 0 Å². The fourth-order valence-corrected chi connectivity index (χ4v) is 1.15. The Labute approximate surface area is 89.0 Å². The van der Waals surface area contributed by atoms with E-state index < -0.39 is 5.97 Å². The van der Waals surface area contributed by atoms with Crippen LogP contribution in [0, 0.1) is 6.92 Å². The maximum Gasteiger partial charge on any atom is 0.335 e. The number of aromatic carboxylic acids is 1. The molecule has 0 radical (unpaired) electrons. The van der Waals surface area contributed by atoms with Gasteiger partial charge in [-0.15, -0.1) is 0 Å². The van der Waals surface area contributed by atoms with Crippen LogP contribution < -0.4 is 4.74 Å². The number of carboxylic acid groups (broad SMARTS) is 1. The Balaban J connectivity index is 2.83. The predicted octanol–water partition coefficient (Wildman–Crippen LogP) is 2.65. The minimum atomic E-state index is -0.926. The van der Waals surface area contributed by atoms with Crippen molar-refractivity contribution >= 4 is 5.97 Å². The number of aryl methyl sites for hydroxylation is 1. The van der Waals surface area contributed by atoms with Gasteiger partial charge in [0.15, 0.2) is 0 Å². The first-order valence-corrected chi connectivity index (χ1v) is 4.62. The van der Waals surface area contributed by atoms with Gasteiger partial charge in [-0.3, -0.25) is 0 Å². The zero-order valence-electron chi connectivity index (χ0n) is 8.91. The number of rotatable bonds is 4. The highest BCUT2D eigenvalue weighted by Crippen LogP contribution is 2.19. The second-order valence-electron chi connectivity index (χ2n) is 3.53. The van der Waals surface area contributed by atoms with Gasteiger partial charge in [-0.05, 0) is 43.2 Å². The Morgan fingerprint density at radius 3 is 2.67 bits per heavy atom. The van der Waals surface area contributed by atoms with E-state index in [9.17, 15) is 4.79 Å². The molecule has 0 saturated carbocycles. The van der Waals surface area contributed by atoms with E-state index in [-0.39, 0.29) is 5.56 Å². The van der Waals surface area contributed by atoms with Crippen LogP contribution in [-0.4, -0.2) is 17.7 Å². The molecular weight excluding hydrogens is 192 g/mol. The lowest BCUT2D eigenvalue weighted by atomic mass is 10.1. The molecule has 15 heavy (non-hydrogen) atoms.